The fourth-order valence-corrected chi connectivity index (χ4v) is 1.80. The van der Waals surface area contributed by atoms with E-state index in [4.69, 9.17) is 4.74 Å². The molecule has 2 rings (SSSR count). The average Bonchev–Trinajstić information content (AvgIpc) is 2.81. The van der Waals surface area contributed by atoms with Gasteiger partial charge in [-0.3, -0.25) is 0 Å². The number of imidazole rings is 1. The molecule has 0 aliphatic heterocycles. The molecule has 2 aromatic rings. The normalized spacial score (nSPS) is 12.4. The molecule has 1 heterocycles. The van der Waals surface area contributed by atoms with Crippen LogP contribution in [0, 0.1) is 11.6 Å². The van der Waals surface area contributed by atoms with Crippen molar-refractivity contribution in [2.45, 2.75) is 13.0 Å². The highest BCUT2D eigenvalue weighted by Crippen LogP contribution is 2.21. The van der Waals surface area contributed by atoms with Crippen LogP contribution in [0.15, 0.2) is 30.6 Å². The zero-order valence-electron chi connectivity index (χ0n) is 10.7. The summed E-state index contributed by atoms with van der Waals surface area (Å²) in [6.07, 6.45) is 3.38. The first-order chi connectivity index (χ1) is 9.11. The van der Waals surface area contributed by atoms with Crippen molar-refractivity contribution in [3.63, 3.8) is 0 Å². The number of aromatic nitrogens is 2. The summed E-state index contributed by atoms with van der Waals surface area (Å²) in [4.78, 5) is 4.11. The third-order valence-corrected chi connectivity index (χ3v) is 2.73. The Balaban J connectivity index is 2.21. The first-order valence-electron chi connectivity index (χ1n) is 5.85. The van der Waals surface area contributed by atoms with Crippen molar-refractivity contribution >= 4 is 11.6 Å². The van der Waals surface area contributed by atoms with Gasteiger partial charge < -0.3 is 14.6 Å². The molecule has 102 valence electrons. The number of halogens is 2. The van der Waals surface area contributed by atoms with Crippen molar-refractivity contribution in [3.8, 4) is 0 Å². The lowest BCUT2D eigenvalue weighted by Gasteiger charge is -2.16. The summed E-state index contributed by atoms with van der Waals surface area (Å²) in [5.74, 6) is -0.789. The highest BCUT2D eigenvalue weighted by Gasteiger charge is 2.12. The van der Waals surface area contributed by atoms with Crippen molar-refractivity contribution in [2.24, 2.45) is 0 Å². The number of nitrogens with zero attached hydrogens (tertiary/aromatic N) is 2. The number of rotatable bonds is 5. The summed E-state index contributed by atoms with van der Waals surface area (Å²) in [5.41, 5.74) is 0.179. The van der Waals surface area contributed by atoms with Crippen molar-refractivity contribution < 1.29 is 13.5 Å². The molecule has 0 bridgehead atoms. The Bertz CT molecular complexity index is 557. The maximum atomic E-state index is 13.6. The number of methoxy groups -OCH3 is 1. The molecule has 1 aromatic heterocycles. The van der Waals surface area contributed by atoms with E-state index in [0.717, 1.165) is 6.07 Å². The molecule has 1 N–H and O–H groups in total. The number of anilines is 2. The predicted octanol–water partition coefficient (Wildman–Crippen LogP) is 3.11. The molecule has 0 amide bonds. The summed E-state index contributed by atoms with van der Waals surface area (Å²) in [6.45, 7) is 2.47. The van der Waals surface area contributed by atoms with Crippen molar-refractivity contribution in [2.75, 3.05) is 19.0 Å². The van der Waals surface area contributed by atoms with E-state index < -0.39 is 11.6 Å². The van der Waals surface area contributed by atoms with E-state index in [-0.39, 0.29) is 11.7 Å². The van der Waals surface area contributed by atoms with Crippen molar-refractivity contribution in [1.29, 1.82) is 0 Å². The van der Waals surface area contributed by atoms with Gasteiger partial charge in [0.1, 0.15) is 11.6 Å². The van der Waals surface area contributed by atoms with E-state index in [9.17, 15) is 8.78 Å². The van der Waals surface area contributed by atoms with Crippen LogP contribution >= 0.6 is 0 Å². The first kappa shape index (κ1) is 13.5. The Morgan fingerprint density at radius 3 is 2.89 bits per heavy atom. The quantitative estimate of drug-likeness (QED) is 0.904. The fourth-order valence-electron chi connectivity index (χ4n) is 1.80. The largest absolute Gasteiger partial charge is 0.383 e. The Labute approximate surface area is 110 Å². The van der Waals surface area contributed by atoms with Crippen LogP contribution in [0.25, 0.3) is 0 Å². The molecule has 0 spiro atoms. The van der Waals surface area contributed by atoms with Gasteiger partial charge in [-0.25, -0.2) is 13.8 Å². The van der Waals surface area contributed by atoms with E-state index in [0.29, 0.717) is 12.6 Å². The summed E-state index contributed by atoms with van der Waals surface area (Å²) in [6, 6.07) is 3.41. The third kappa shape index (κ3) is 3.08. The van der Waals surface area contributed by atoms with Gasteiger partial charge in [-0.2, -0.15) is 0 Å². The van der Waals surface area contributed by atoms with Crippen LogP contribution in [0.5, 0.6) is 0 Å². The highest BCUT2D eigenvalue weighted by molar-refractivity contribution is 5.54. The fraction of sp³-hybridized carbons (Fsp3) is 0.308. The standard InChI is InChI=1S/C13H15F2N3O/c1-9(8-19-2)18-6-5-16-13(18)17-12-4-3-10(14)7-11(12)15/h3-7,9H,8H2,1-2H3,(H,16,17). The lowest BCUT2D eigenvalue weighted by Crippen LogP contribution is -2.13. The molecule has 19 heavy (non-hydrogen) atoms. The number of ether oxygens (including phenoxy) is 1. The summed E-state index contributed by atoms with van der Waals surface area (Å²) < 4.78 is 33.3. The third-order valence-electron chi connectivity index (χ3n) is 2.73. The van der Waals surface area contributed by atoms with E-state index in [2.05, 4.69) is 10.3 Å². The van der Waals surface area contributed by atoms with Crippen LogP contribution in [0.4, 0.5) is 20.4 Å². The monoisotopic (exact) mass is 267 g/mol. The zero-order chi connectivity index (χ0) is 13.8. The smallest absolute Gasteiger partial charge is 0.207 e. The Morgan fingerprint density at radius 1 is 1.42 bits per heavy atom. The van der Waals surface area contributed by atoms with Gasteiger partial charge in [0.15, 0.2) is 0 Å². The van der Waals surface area contributed by atoms with Crippen LogP contribution in [-0.4, -0.2) is 23.3 Å². The first-order valence-corrected chi connectivity index (χ1v) is 5.85. The number of benzene rings is 1. The van der Waals surface area contributed by atoms with Crippen molar-refractivity contribution in [3.05, 3.63) is 42.2 Å². The van der Waals surface area contributed by atoms with Gasteiger partial charge >= 0.3 is 0 Å². The topological polar surface area (TPSA) is 39.1 Å². The second kappa shape index (κ2) is 5.79. The van der Waals surface area contributed by atoms with Gasteiger partial charge in [-0.1, -0.05) is 0 Å². The molecule has 0 saturated carbocycles. The molecule has 4 nitrogen and oxygen atoms in total. The maximum absolute atomic E-state index is 13.6. The lowest BCUT2D eigenvalue weighted by molar-refractivity contribution is 0.163. The maximum Gasteiger partial charge on any atom is 0.207 e. The van der Waals surface area contributed by atoms with Gasteiger partial charge in [0.05, 0.1) is 18.3 Å². The SMILES string of the molecule is COCC(C)n1ccnc1Nc1ccc(F)cc1F. The van der Waals surface area contributed by atoms with Gasteiger partial charge in [0, 0.05) is 25.6 Å². The van der Waals surface area contributed by atoms with Gasteiger partial charge in [-0.15, -0.1) is 0 Å². The van der Waals surface area contributed by atoms with Crippen LogP contribution in [0.1, 0.15) is 13.0 Å². The van der Waals surface area contributed by atoms with E-state index in [1.165, 1.54) is 12.1 Å². The molecule has 0 fully saturated rings. The summed E-state index contributed by atoms with van der Waals surface area (Å²) in [7, 11) is 1.61. The Kier molecular flexibility index (Phi) is 4.11. The van der Waals surface area contributed by atoms with Crippen molar-refractivity contribution in [1.82, 2.24) is 9.55 Å². The van der Waals surface area contributed by atoms with Gasteiger partial charge in [-0.05, 0) is 19.1 Å². The predicted molar refractivity (Wildman–Crippen MR) is 68.5 cm³/mol. The van der Waals surface area contributed by atoms with Crippen LogP contribution in [0.3, 0.4) is 0 Å². The van der Waals surface area contributed by atoms with Gasteiger partial charge in [0.2, 0.25) is 5.95 Å². The Hall–Kier alpha value is -1.95. The lowest BCUT2D eigenvalue weighted by atomic mass is 10.3. The van der Waals surface area contributed by atoms with E-state index in [1.54, 1.807) is 19.5 Å². The summed E-state index contributed by atoms with van der Waals surface area (Å²) in [5, 5.41) is 2.84. The van der Waals surface area contributed by atoms with Crippen LogP contribution in [0.2, 0.25) is 0 Å². The number of hydrogen-bond acceptors (Lipinski definition) is 3. The molecular formula is C13H15F2N3O. The molecular weight excluding hydrogens is 252 g/mol. The van der Waals surface area contributed by atoms with Crippen LogP contribution in [-0.2, 0) is 4.74 Å². The summed E-state index contributed by atoms with van der Waals surface area (Å²) >= 11 is 0. The minimum Gasteiger partial charge on any atom is -0.383 e. The Morgan fingerprint density at radius 2 is 2.21 bits per heavy atom. The highest BCUT2D eigenvalue weighted by atomic mass is 19.1. The molecule has 1 unspecified atom stereocenters. The minimum atomic E-state index is -0.658. The number of nitrogens with one attached hydrogen (secondary N) is 1. The molecule has 6 heteroatoms. The average molecular weight is 267 g/mol. The molecule has 0 aliphatic rings. The molecule has 0 radical (unpaired) electrons. The molecule has 1 aromatic carbocycles. The molecule has 0 saturated heterocycles. The van der Waals surface area contributed by atoms with E-state index >= 15 is 0 Å². The molecule has 1 atom stereocenters. The molecule has 0 aliphatic carbocycles. The minimum absolute atomic E-state index is 0.0542. The zero-order valence-corrected chi connectivity index (χ0v) is 10.7. The second-order valence-corrected chi connectivity index (χ2v) is 4.21. The van der Waals surface area contributed by atoms with Crippen LogP contribution < -0.4 is 5.32 Å². The number of hydrogen-bond donors (Lipinski definition) is 1. The van der Waals surface area contributed by atoms with Gasteiger partial charge in [0.25, 0.3) is 0 Å². The van der Waals surface area contributed by atoms with E-state index in [1.807, 2.05) is 11.5 Å². The second-order valence-electron chi connectivity index (χ2n) is 4.21.